The summed E-state index contributed by atoms with van der Waals surface area (Å²) in [6.45, 7) is 5.75. The summed E-state index contributed by atoms with van der Waals surface area (Å²) in [4.78, 5) is 21.6. The number of hydrogen-bond acceptors (Lipinski definition) is 5. The van der Waals surface area contributed by atoms with Crippen molar-refractivity contribution in [3.05, 3.63) is 58.1 Å². The third kappa shape index (κ3) is 4.46. The van der Waals surface area contributed by atoms with Crippen molar-refractivity contribution in [2.75, 3.05) is 44.3 Å². The highest BCUT2D eigenvalue weighted by Gasteiger charge is 2.24. The van der Waals surface area contributed by atoms with E-state index in [9.17, 15) is 13.6 Å². The second-order valence-electron chi connectivity index (χ2n) is 7.11. The highest BCUT2D eigenvalue weighted by molar-refractivity contribution is 7.22. The lowest BCUT2D eigenvalue weighted by atomic mass is 10.2. The highest BCUT2D eigenvalue weighted by atomic mass is 35.5. The number of amides is 1. The lowest BCUT2D eigenvalue weighted by Gasteiger charge is -2.29. The Hall–Kier alpha value is -2.13. The number of benzene rings is 2. The zero-order chi connectivity index (χ0) is 21.3. The van der Waals surface area contributed by atoms with Gasteiger partial charge in [-0.15, -0.1) is 0 Å². The Morgan fingerprint density at radius 1 is 1.23 bits per heavy atom. The van der Waals surface area contributed by atoms with Crippen molar-refractivity contribution in [1.29, 1.82) is 0 Å². The molecule has 0 atom stereocenters. The summed E-state index contributed by atoms with van der Waals surface area (Å²) in [5.41, 5.74) is 1.76. The molecule has 1 saturated heterocycles. The number of thiazole rings is 1. The van der Waals surface area contributed by atoms with Crippen LogP contribution in [0.15, 0.2) is 30.3 Å². The predicted octanol–water partition coefficient (Wildman–Crippen LogP) is 4.52. The zero-order valence-electron chi connectivity index (χ0n) is 16.3. The number of morpholine rings is 1. The number of fused-ring (bicyclic) bond motifs is 1. The van der Waals surface area contributed by atoms with Crippen LogP contribution in [0.25, 0.3) is 10.2 Å². The quantitative estimate of drug-likeness (QED) is 0.572. The van der Waals surface area contributed by atoms with Crippen molar-refractivity contribution >= 4 is 44.2 Å². The number of aromatic nitrogens is 1. The summed E-state index contributed by atoms with van der Waals surface area (Å²) in [6.07, 6.45) is 0. The molecule has 3 aromatic rings. The maximum Gasteiger partial charge on any atom is 0.260 e. The van der Waals surface area contributed by atoms with Crippen molar-refractivity contribution in [1.82, 2.24) is 9.88 Å². The average molecular weight is 452 g/mol. The third-order valence-electron chi connectivity index (χ3n) is 5.03. The van der Waals surface area contributed by atoms with Crippen LogP contribution >= 0.6 is 22.9 Å². The minimum atomic E-state index is -1.05. The van der Waals surface area contributed by atoms with Gasteiger partial charge in [-0.05, 0) is 42.8 Å². The fourth-order valence-corrected chi connectivity index (χ4v) is 4.84. The first-order valence-corrected chi connectivity index (χ1v) is 10.8. The van der Waals surface area contributed by atoms with Gasteiger partial charge in [0.1, 0.15) is 0 Å². The molecular weight excluding hydrogens is 432 g/mol. The van der Waals surface area contributed by atoms with Gasteiger partial charge in [0, 0.05) is 36.8 Å². The number of ether oxygens (including phenoxy) is 1. The summed E-state index contributed by atoms with van der Waals surface area (Å²) < 4.78 is 33.3. The van der Waals surface area contributed by atoms with Gasteiger partial charge in [0.05, 0.1) is 23.4 Å². The van der Waals surface area contributed by atoms with E-state index in [-0.39, 0.29) is 5.56 Å². The standard InChI is InChI=1S/C21H20ClF2N3O2S/c1-13-10-15(22)12-18-19(13)25-21(30-18)27(5-4-26-6-8-29-9-7-26)20(28)14-2-3-16(23)17(24)11-14/h2-3,10-12H,4-9H2,1H3. The summed E-state index contributed by atoms with van der Waals surface area (Å²) in [5, 5.41) is 1.10. The molecule has 2 heterocycles. The van der Waals surface area contributed by atoms with Crippen LogP contribution in [-0.4, -0.2) is 55.2 Å². The van der Waals surface area contributed by atoms with Crippen molar-refractivity contribution in [2.24, 2.45) is 0 Å². The Morgan fingerprint density at radius 2 is 2.00 bits per heavy atom. The van der Waals surface area contributed by atoms with Gasteiger partial charge in [-0.3, -0.25) is 14.6 Å². The van der Waals surface area contributed by atoms with Crippen LogP contribution in [0.5, 0.6) is 0 Å². The number of carbonyl (C=O) groups is 1. The van der Waals surface area contributed by atoms with E-state index in [0.29, 0.717) is 36.5 Å². The summed E-state index contributed by atoms with van der Waals surface area (Å²) in [6, 6.07) is 6.81. The number of carbonyl (C=O) groups excluding carboxylic acids is 1. The lowest BCUT2D eigenvalue weighted by Crippen LogP contribution is -2.43. The van der Waals surface area contributed by atoms with E-state index in [4.69, 9.17) is 16.3 Å². The van der Waals surface area contributed by atoms with Gasteiger partial charge in [0.15, 0.2) is 16.8 Å². The number of hydrogen-bond donors (Lipinski definition) is 0. The van der Waals surface area contributed by atoms with Gasteiger partial charge in [-0.2, -0.15) is 0 Å². The van der Waals surface area contributed by atoms with E-state index in [1.165, 1.54) is 22.3 Å². The maximum absolute atomic E-state index is 13.8. The van der Waals surface area contributed by atoms with Crippen LogP contribution in [-0.2, 0) is 4.74 Å². The molecule has 0 N–H and O–H groups in total. The Balaban J connectivity index is 1.68. The molecule has 0 saturated carbocycles. The minimum absolute atomic E-state index is 0.0740. The van der Waals surface area contributed by atoms with Crippen LogP contribution in [0, 0.1) is 18.6 Å². The van der Waals surface area contributed by atoms with Crippen LogP contribution in [0.2, 0.25) is 5.02 Å². The van der Waals surface area contributed by atoms with E-state index >= 15 is 0 Å². The molecule has 9 heteroatoms. The van der Waals surface area contributed by atoms with Crippen molar-refractivity contribution < 1.29 is 18.3 Å². The Morgan fingerprint density at radius 3 is 2.73 bits per heavy atom. The number of aryl methyl sites for hydroxylation is 1. The third-order valence-corrected chi connectivity index (χ3v) is 6.27. The zero-order valence-corrected chi connectivity index (χ0v) is 17.9. The Bertz CT molecular complexity index is 1090. The van der Waals surface area contributed by atoms with E-state index in [0.717, 1.165) is 41.0 Å². The summed E-state index contributed by atoms with van der Waals surface area (Å²) in [7, 11) is 0. The first kappa shape index (κ1) is 21.1. The molecule has 0 unspecified atom stereocenters. The average Bonchev–Trinajstić information content (AvgIpc) is 3.15. The lowest BCUT2D eigenvalue weighted by molar-refractivity contribution is 0.0391. The molecule has 158 valence electrons. The summed E-state index contributed by atoms with van der Waals surface area (Å²) in [5.74, 6) is -2.47. The van der Waals surface area contributed by atoms with Crippen LogP contribution in [0.4, 0.5) is 13.9 Å². The van der Waals surface area contributed by atoms with E-state index in [1.807, 2.05) is 19.1 Å². The topological polar surface area (TPSA) is 45.7 Å². The monoisotopic (exact) mass is 451 g/mol. The molecule has 0 spiro atoms. The van der Waals surface area contributed by atoms with Crippen LogP contribution in [0.1, 0.15) is 15.9 Å². The second-order valence-corrected chi connectivity index (χ2v) is 8.55. The smallest absolute Gasteiger partial charge is 0.260 e. The first-order valence-electron chi connectivity index (χ1n) is 9.56. The SMILES string of the molecule is Cc1cc(Cl)cc2sc(N(CCN3CCOCC3)C(=O)c3ccc(F)c(F)c3)nc12. The Labute approximate surface area is 181 Å². The first-order chi connectivity index (χ1) is 14.4. The number of halogens is 3. The van der Waals surface area contributed by atoms with Crippen LogP contribution < -0.4 is 4.90 Å². The fourth-order valence-electron chi connectivity index (χ4n) is 3.39. The van der Waals surface area contributed by atoms with Gasteiger partial charge in [0.25, 0.3) is 5.91 Å². The predicted molar refractivity (Wildman–Crippen MR) is 115 cm³/mol. The maximum atomic E-state index is 13.8. The van der Waals surface area contributed by atoms with Crippen molar-refractivity contribution in [2.45, 2.75) is 6.92 Å². The van der Waals surface area contributed by atoms with Crippen molar-refractivity contribution in [3.8, 4) is 0 Å². The molecule has 1 aromatic heterocycles. The number of rotatable bonds is 5. The molecule has 5 nitrogen and oxygen atoms in total. The number of nitrogens with zero attached hydrogens (tertiary/aromatic N) is 3. The van der Waals surface area contributed by atoms with Crippen molar-refractivity contribution in [3.63, 3.8) is 0 Å². The summed E-state index contributed by atoms with van der Waals surface area (Å²) >= 11 is 7.52. The van der Waals surface area contributed by atoms with E-state index in [1.54, 1.807) is 0 Å². The van der Waals surface area contributed by atoms with Gasteiger partial charge in [-0.1, -0.05) is 22.9 Å². The fraction of sp³-hybridized carbons (Fsp3) is 0.333. The molecule has 0 radical (unpaired) electrons. The van der Waals surface area contributed by atoms with E-state index < -0.39 is 17.5 Å². The molecule has 0 aliphatic carbocycles. The van der Waals surface area contributed by atoms with Gasteiger partial charge >= 0.3 is 0 Å². The molecule has 0 bridgehead atoms. The second kappa shape index (κ2) is 8.93. The van der Waals surface area contributed by atoms with Gasteiger partial charge < -0.3 is 4.74 Å². The molecular formula is C21H20ClF2N3O2S. The molecule has 2 aromatic carbocycles. The molecule has 1 aliphatic heterocycles. The van der Waals surface area contributed by atoms with Crippen LogP contribution in [0.3, 0.4) is 0 Å². The minimum Gasteiger partial charge on any atom is -0.379 e. The van der Waals surface area contributed by atoms with E-state index in [2.05, 4.69) is 9.88 Å². The number of anilines is 1. The molecule has 1 fully saturated rings. The molecule has 1 aliphatic rings. The molecule has 30 heavy (non-hydrogen) atoms. The van der Waals surface area contributed by atoms with Gasteiger partial charge in [-0.25, -0.2) is 13.8 Å². The largest absolute Gasteiger partial charge is 0.379 e. The normalized spacial score (nSPS) is 14.9. The molecule has 4 rings (SSSR count). The Kier molecular flexibility index (Phi) is 6.29. The molecule has 1 amide bonds. The highest BCUT2D eigenvalue weighted by Crippen LogP contribution is 2.33. The van der Waals surface area contributed by atoms with Gasteiger partial charge in [0.2, 0.25) is 0 Å².